The van der Waals surface area contributed by atoms with E-state index in [1.165, 1.54) is 28.7 Å². The minimum Gasteiger partial charge on any atom is -0.292 e. The van der Waals surface area contributed by atoms with Gasteiger partial charge in [0.25, 0.3) is 0 Å². The van der Waals surface area contributed by atoms with Crippen LogP contribution in [0.3, 0.4) is 0 Å². The van der Waals surface area contributed by atoms with Crippen LogP contribution in [0.1, 0.15) is 35.0 Å². The number of benzene rings is 1. The topological polar surface area (TPSA) is 60.7 Å². The first kappa shape index (κ1) is 15.9. The molecule has 2 heterocycles. The van der Waals surface area contributed by atoms with Gasteiger partial charge >= 0.3 is 0 Å². The second kappa shape index (κ2) is 7.06. The van der Waals surface area contributed by atoms with Gasteiger partial charge in [-0.05, 0) is 45.5 Å². The summed E-state index contributed by atoms with van der Waals surface area (Å²) in [6, 6.07) is 11.9. The van der Waals surface area contributed by atoms with Crippen LogP contribution in [0.2, 0.25) is 0 Å². The van der Waals surface area contributed by atoms with Gasteiger partial charge in [0.15, 0.2) is 5.78 Å². The lowest BCUT2D eigenvalue weighted by molar-refractivity contribution is 0.102. The minimum atomic E-state index is 0.0923. The first-order valence-electron chi connectivity index (χ1n) is 7.23. The lowest BCUT2D eigenvalue weighted by Crippen LogP contribution is -2.03. The van der Waals surface area contributed by atoms with E-state index in [2.05, 4.69) is 41.5 Å². The molecule has 5 nitrogen and oxygen atoms in total. The summed E-state index contributed by atoms with van der Waals surface area (Å²) in [4.78, 5) is 12.8. The van der Waals surface area contributed by atoms with Crippen LogP contribution in [0.4, 0.5) is 0 Å². The molecule has 0 aliphatic carbocycles. The Labute approximate surface area is 142 Å². The molecule has 0 unspecified atom stereocenters. The summed E-state index contributed by atoms with van der Waals surface area (Å²) in [5.41, 5.74) is 2.16. The molecule has 0 amide bonds. The van der Waals surface area contributed by atoms with Crippen LogP contribution < -0.4 is 0 Å². The third-order valence-electron chi connectivity index (χ3n) is 3.37. The molecule has 0 aliphatic heterocycles. The van der Waals surface area contributed by atoms with Crippen molar-refractivity contribution in [2.24, 2.45) is 0 Å². The van der Waals surface area contributed by atoms with E-state index in [9.17, 15) is 4.79 Å². The molecule has 3 rings (SSSR count). The average Bonchev–Trinajstić information content (AvgIpc) is 3.24. The maximum absolute atomic E-state index is 12.1. The summed E-state index contributed by atoms with van der Waals surface area (Å²) in [5.74, 6) is 0.898. The molecule has 0 N–H and O–H groups in total. The first-order valence-corrected chi connectivity index (χ1v) is 9.10. The SMILES string of the molecule is CC(C)c1ccc(-n2nnnc2SCC(=O)c2cccs2)cc1. The molecular formula is C16H16N4OS2. The van der Waals surface area contributed by atoms with Crippen LogP contribution in [0.5, 0.6) is 0 Å². The first-order chi connectivity index (χ1) is 11.1. The highest BCUT2D eigenvalue weighted by Gasteiger charge is 2.13. The van der Waals surface area contributed by atoms with Crippen LogP contribution >= 0.6 is 23.1 Å². The van der Waals surface area contributed by atoms with Gasteiger partial charge in [-0.25, -0.2) is 0 Å². The predicted octanol–water partition coefficient (Wildman–Crippen LogP) is 3.82. The quantitative estimate of drug-likeness (QED) is 0.502. The zero-order valence-electron chi connectivity index (χ0n) is 12.8. The predicted molar refractivity (Wildman–Crippen MR) is 92.6 cm³/mol. The molecule has 0 saturated carbocycles. The summed E-state index contributed by atoms with van der Waals surface area (Å²) in [6.45, 7) is 4.31. The number of ketones is 1. The van der Waals surface area contributed by atoms with Gasteiger partial charge in [-0.15, -0.1) is 16.4 Å². The Kier molecular flexibility index (Phi) is 4.88. The lowest BCUT2D eigenvalue weighted by Gasteiger charge is -2.07. The van der Waals surface area contributed by atoms with Gasteiger partial charge in [0.2, 0.25) is 5.16 Å². The summed E-state index contributed by atoms with van der Waals surface area (Å²) in [5, 5.41) is 14.3. The van der Waals surface area contributed by atoms with Gasteiger partial charge in [0.1, 0.15) is 0 Å². The van der Waals surface area contributed by atoms with Crippen molar-refractivity contribution in [1.82, 2.24) is 20.2 Å². The Balaban J connectivity index is 1.73. The molecule has 0 fully saturated rings. The van der Waals surface area contributed by atoms with E-state index in [0.29, 0.717) is 16.8 Å². The largest absolute Gasteiger partial charge is 0.292 e. The fourth-order valence-corrected chi connectivity index (χ4v) is 3.60. The highest BCUT2D eigenvalue weighted by atomic mass is 32.2. The molecule has 0 saturated heterocycles. The fourth-order valence-electron chi connectivity index (χ4n) is 2.07. The molecule has 118 valence electrons. The van der Waals surface area contributed by atoms with Gasteiger partial charge in [-0.2, -0.15) is 4.68 Å². The van der Waals surface area contributed by atoms with Crippen LogP contribution in [-0.4, -0.2) is 31.7 Å². The summed E-state index contributed by atoms with van der Waals surface area (Å²) >= 11 is 2.80. The fraction of sp³-hybridized carbons (Fsp3) is 0.250. The van der Waals surface area contributed by atoms with Gasteiger partial charge in [0, 0.05) is 0 Å². The van der Waals surface area contributed by atoms with Crippen molar-refractivity contribution >= 4 is 28.9 Å². The number of carbonyl (C=O) groups excluding carboxylic acids is 1. The molecule has 3 aromatic rings. The molecule has 0 spiro atoms. The number of hydrogen-bond donors (Lipinski definition) is 0. The molecule has 1 aromatic carbocycles. The zero-order chi connectivity index (χ0) is 16.2. The number of aromatic nitrogens is 4. The highest BCUT2D eigenvalue weighted by molar-refractivity contribution is 7.99. The normalized spacial score (nSPS) is 11.1. The Morgan fingerprint density at radius 3 is 2.70 bits per heavy atom. The molecule has 7 heteroatoms. The van der Waals surface area contributed by atoms with Gasteiger partial charge < -0.3 is 0 Å². The maximum atomic E-state index is 12.1. The number of Topliss-reactive ketones (excluding diaryl/α,β-unsaturated/α-hetero) is 1. The van der Waals surface area contributed by atoms with Crippen molar-refractivity contribution in [3.63, 3.8) is 0 Å². The maximum Gasteiger partial charge on any atom is 0.214 e. The van der Waals surface area contributed by atoms with Gasteiger partial charge in [-0.3, -0.25) is 4.79 Å². The monoisotopic (exact) mass is 344 g/mol. The lowest BCUT2D eigenvalue weighted by atomic mass is 10.0. The molecule has 0 aliphatic rings. The second-order valence-electron chi connectivity index (χ2n) is 5.31. The standard InChI is InChI=1S/C16H16N4OS2/c1-11(2)12-5-7-13(8-6-12)20-16(17-18-19-20)23-10-14(21)15-4-3-9-22-15/h3-9,11H,10H2,1-2H3. The second-order valence-corrected chi connectivity index (χ2v) is 7.20. The minimum absolute atomic E-state index is 0.0923. The van der Waals surface area contributed by atoms with Crippen LogP contribution in [0, 0.1) is 0 Å². The summed E-state index contributed by atoms with van der Waals surface area (Å²) in [6.07, 6.45) is 0. The number of rotatable bonds is 6. The number of thioether (sulfide) groups is 1. The highest BCUT2D eigenvalue weighted by Crippen LogP contribution is 2.22. The molecule has 2 aromatic heterocycles. The number of carbonyl (C=O) groups is 1. The summed E-state index contributed by atoms with van der Waals surface area (Å²) < 4.78 is 1.66. The van der Waals surface area contributed by atoms with Crippen molar-refractivity contribution in [3.8, 4) is 5.69 Å². The van der Waals surface area contributed by atoms with E-state index in [-0.39, 0.29) is 5.78 Å². The van der Waals surface area contributed by atoms with Crippen molar-refractivity contribution < 1.29 is 4.79 Å². The van der Waals surface area contributed by atoms with Crippen LogP contribution in [0.15, 0.2) is 46.9 Å². The third kappa shape index (κ3) is 3.68. The summed E-state index contributed by atoms with van der Waals surface area (Å²) in [7, 11) is 0. The van der Waals surface area contributed by atoms with Crippen molar-refractivity contribution in [3.05, 3.63) is 52.2 Å². The number of thiophene rings is 1. The zero-order valence-corrected chi connectivity index (χ0v) is 14.5. The molecule has 0 atom stereocenters. The number of nitrogens with zero attached hydrogens (tertiary/aromatic N) is 4. The Morgan fingerprint density at radius 1 is 1.26 bits per heavy atom. The van der Waals surface area contributed by atoms with E-state index < -0.39 is 0 Å². The molecule has 0 bridgehead atoms. The third-order valence-corrected chi connectivity index (χ3v) is 5.20. The van der Waals surface area contributed by atoms with Crippen LogP contribution in [-0.2, 0) is 0 Å². The van der Waals surface area contributed by atoms with Crippen LogP contribution in [0.25, 0.3) is 5.69 Å². The van der Waals surface area contributed by atoms with E-state index in [4.69, 9.17) is 0 Å². The van der Waals surface area contributed by atoms with E-state index in [0.717, 1.165) is 10.6 Å². The van der Waals surface area contributed by atoms with E-state index in [1.807, 2.05) is 29.6 Å². The molecular weight excluding hydrogens is 328 g/mol. The molecule has 0 radical (unpaired) electrons. The number of tetrazole rings is 1. The van der Waals surface area contributed by atoms with Crippen molar-refractivity contribution in [2.75, 3.05) is 5.75 Å². The Hall–Kier alpha value is -1.99. The smallest absolute Gasteiger partial charge is 0.214 e. The Bertz CT molecular complexity index is 779. The number of hydrogen-bond acceptors (Lipinski definition) is 6. The average molecular weight is 344 g/mol. The van der Waals surface area contributed by atoms with E-state index in [1.54, 1.807) is 4.68 Å². The van der Waals surface area contributed by atoms with E-state index >= 15 is 0 Å². The van der Waals surface area contributed by atoms with Crippen molar-refractivity contribution in [2.45, 2.75) is 24.9 Å². The van der Waals surface area contributed by atoms with Gasteiger partial charge in [-0.1, -0.05) is 43.8 Å². The van der Waals surface area contributed by atoms with Gasteiger partial charge in [0.05, 0.1) is 16.3 Å². The molecule has 23 heavy (non-hydrogen) atoms. The van der Waals surface area contributed by atoms with Crippen molar-refractivity contribution in [1.29, 1.82) is 0 Å². The Morgan fingerprint density at radius 2 is 2.04 bits per heavy atom.